The van der Waals surface area contributed by atoms with Gasteiger partial charge in [-0.25, -0.2) is 19.2 Å². The van der Waals surface area contributed by atoms with Gasteiger partial charge in [0, 0.05) is 17.6 Å². The highest BCUT2D eigenvalue weighted by atomic mass is 32.1. The number of aromatic nitrogens is 4. The predicted octanol–water partition coefficient (Wildman–Crippen LogP) is 3.78. The van der Waals surface area contributed by atoms with Gasteiger partial charge in [-0.15, -0.1) is 11.3 Å². The largest absolute Gasteiger partial charge is 0.506 e. The SMILES string of the molecule is CCOC(=O)c1csc(N(c2cc(F)cc(O)c2C#N)c2n[nH]c3ncccc23)n1. The van der Waals surface area contributed by atoms with Crippen molar-refractivity contribution in [3.63, 3.8) is 0 Å². The number of rotatable bonds is 5. The number of H-pyrrole nitrogens is 1. The average molecular weight is 424 g/mol. The van der Waals surface area contributed by atoms with E-state index >= 15 is 0 Å². The summed E-state index contributed by atoms with van der Waals surface area (Å²) in [6, 6.07) is 7.23. The smallest absolute Gasteiger partial charge is 0.357 e. The van der Waals surface area contributed by atoms with Gasteiger partial charge < -0.3 is 9.84 Å². The zero-order valence-electron chi connectivity index (χ0n) is 15.5. The van der Waals surface area contributed by atoms with E-state index in [2.05, 4.69) is 20.2 Å². The monoisotopic (exact) mass is 424 g/mol. The molecule has 0 radical (unpaired) electrons. The van der Waals surface area contributed by atoms with E-state index < -0.39 is 17.5 Å². The van der Waals surface area contributed by atoms with Crippen LogP contribution in [0.15, 0.2) is 35.8 Å². The number of hydrogen-bond donors (Lipinski definition) is 2. The Balaban J connectivity index is 1.96. The van der Waals surface area contributed by atoms with E-state index in [0.29, 0.717) is 11.0 Å². The number of pyridine rings is 1. The number of aromatic hydroxyl groups is 1. The maximum absolute atomic E-state index is 14.2. The second-order valence-electron chi connectivity index (χ2n) is 5.95. The summed E-state index contributed by atoms with van der Waals surface area (Å²) in [5, 5.41) is 29.0. The molecule has 0 bridgehead atoms. The minimum Gasteiger partial charge on any atom is -0.506 e. The molecule has 0 fully saturated rings. The number of aromatic amines is 1. The summed E-state index contributed by atoms with van der Waals surface area (Å²) in [6.45, 7) is 1.86. The number of phenolic OH excluding ortho intramolecular Hbond substituents is 1. The van der Waals surface area contributed by atoms with Gasteiger partial charge in [0.25, 0.3) is 0 Å². The molecule has 3 aromatic heterocycles. The molecule has 3 heterocycles. The number of nitrogens with one attached hydrogen (secondary N) is 1. The number of halogens is 1. The van der Waals surface area contributed by atoms with E-state index in [1.165, 1.54) is 10.3 Å². The van der Waals surface area contributed by atoms with E-state index in [9.17, 15) is 19.6 Å². The molecule has 11 heteroatoms. The van der Waals surface area contributed by atoms with Crippen molar-refractivity contribution < 1.29 is 19.0 Å². The first kappa shape index (κ1) is 19.3. The van der Waals surface area contributed by atoms with Crippen LogP contribution in [0, 0.1) is 17.1 Å². The second-order valence-corrected chi connectivity index (χ2v) is 6.79. The molecule has 2 N–H and O–H groups in total. The number of hydrogen-bond acceptors (Lipinski definition) is 9. The van der Waals surface area contributed by atoms with Crippen LogP contribution in [0.2, 0.25) is 0 Å². The lowest BCUT2D eigenvalue weighted by Gasteiger charge is -2.21. The molecular weight excluding hydrogens is 411 g/mol. The maximum Gasteiger partial charge on any atom is 0.357 e. The minimum absolute atomic E-state index is 0.0111. The van der Waals surface area contributed by atoms with Crippen molar-refractivity contribution in [2.24, 2.45) is 0 Å². The zero-order valence-corrected chi connectivity index (χ0v) is 16.3. The highest BCUT2D eigenvalue weighted by Crippen LogP contribution is 2.42. The van der Waals surface area contributed by atoms with Crippen LogP contribution in [0.25, 0.3) is 11.0 Å². The Kier molecular flexibility index (Phi) is 4.99. The van der Waals surface area contributed by atoms with E-state index in [1.807, 2.05) is 6.07 Å². The van der Waals surface area contributed by atoms with Crippen LogP contribution in [0.1, 0.15) is 23.0 Å². The molecule has 0 saturated heterocycles. The first-order valence-electron chi connectivity index (χ1n) is 8.68. The molecule has 0 atom stereocenters. The van der Waals surface area contributed by atoms with Gasteiger partial charge in [0.05, 0.1) is 17.7 Å². The van der Waals surface area contributed by atoms with Crippen molar-refractivity contribution in [1.29, 1.82) is 5.26 Å². The van der Waals surface area contributed by atoms with Gasteiger partial charge in [-0.3, -0.25) is 10.00 Å². The Morgan fingerprint density at radius 1 is 1.47 bits per heavy atom. The Morgan fingerprint density at radius 3 is 3.07 bits per heavy atom. The van der Waals surface area contributed by atoms with Crippen LogP contribution in [0.4, 0.5) is 21.0 Å². The van der Waals surface area contributed by atoms with Crippen LogP contribution in [-0.2, 0) is 4.74 Å². The van der Waals surface area contributed by atoms with Crippen LogP contribution in [0.5, 0.6) is 5.75 Å². The highest BCUT2D eigenvalue weighted by molar-refractivity contribution is 7.14. The quantitative estimate of drug-likeness (QED) is 0.463. The fourth-order valence-corrected chi connectivity index (χ4v) is 3.66. The molecule has 30 heavy (non-hydrogen) atoms. The van der Waals surface area contributed by atoms with Crippen LogP contribution < -0.4 is 4.90 Å². The molecule has 4 aromatic rings. The molecule has 1 aromatic carbocycles. The Morgan fingerprint density at radius 2 is 2.30 bits per heavy atom. The van der Waals surface area contributed by atoms with Crippen molar-refractivity contribution in [1.82, 2.24) is 20.2 Å². The van der Waals surface area contributed by atoms with Crippen molar-refractivity contribution in [2.75, 3.05) is 11.5 Å². The van der Waals surface area contributed by atoms with Gasteiger partial charge in [0.2, 0.25) is 0 Å². The molecule has 0 unspecified atom stereocenters. The van der Waals surface area contributed by atoms with Gasteiger partial charge in [-0.05, 0) is 25.1 Å². The lowest BCUT2D eigenvalue weighted by Crippen LogP contribution is -2.13. The number of esters is 1. The molecule has 4 rings (SSSR count). The molecule has 150 valence electrons. The number of anilines is 3. The number of ether oxygens (including phenoxy) is 1. The van der Waals surface area contributed by atoms with E-state index in [1.54, 1.807) is 25.3 Å². The molecule has 0 amide bonds. The number of carbonyl (C=O) groups is 1. The standard InChI is InChI=1S/C19H13FN6O3S/c1-2-29-18(28)13-9-30-19(23-13)26(14-6-10(20)7-15(27)12(14)8-21)17-11-4-3-5-22-16(11)24-25-17/h3-7,9,27H,2H2,1H3,(H,22,24,25). The number of benzene rings is 1. The van der Waals surface area contributed by atoms with Crippen LogP contribution in [-0.4, -0.2) is 37.8 Å². The summed E-state index contributed by atoms with van der Waals surface area (Å²) in [5.41, 5.74) is 0.346. The third kappa shape index (κ3) is 3.29. The summed E-state index contributed by atoms with van der Waals surface area (Å²) in [6.07, 6.45) is 1.58. The summed E-state index contributed by atoms with van der Waals surface area (Å²) in [5.74, 6) is -1.63. The molecular formula is C19H13FN6O3S. The number of carbonyl (C=O) groups excluding carboxylic acids is 1. The molecule has 0 aliphatic rings. The Hall–Kier alpha value is -4.04. The first-order chi connectivity index (χ1) is 14.5. The summed E-state index contributed by atoms with van der Waals surface area (Å²) in [7, 11) is 0. The minimum atomic E-state index is -0.758. The van der Waals surface area contributed by atoms with Crippen LogP contribution in [0.3, 0.4) is 0 Å². The lowest BCUT2D eigenvalue weighted by atomic mass is 10.1. The second kappa shape index (κ2) is 7.76. The van der Waals surface area contributed by atoms with Gasteiger partial charge in [-0.2, -0.15) is 10.4 Å². The molecule has 9 nitrogen and oxygen atoms in total. The van der Waals surface area contributed by atoms with Gasteiger partial charge in [0.15, 0.2) is 22.3 Å². The number of nitrogens with zero attached hydrogens (tertiary/aromatic N) is 5. The zero-order chi connectivity index (χ0) is 21.3. The first-order valence-corrected chi connectivity index (χ1v) is 9.56. The van der Waals surface area contributed by atoms with E-state index in [0.717, 1.165) is 23.5 Å². The number of phenols is 1. The van der Waals surface area contributed by atoms with Gasteiger partial charge in [-0.1, -0.05) is 0 Å². The summed E-state index contributed by atoms with van der Waals surface area (Å²) >= 11 is 1.07. The topological polar surface area (TPSA) is 128 Å². The normalized spacial score (nSPS) is 10.7. The maximum atomic E-state index is 14.2. The predicted molar refractivity (Wildman–Crippen MR) is 107 cm³/mol. The molecule has 0 spiro atoms. The summed E-state index contributed by atoms with van der Waals surface area (Å²) in [4.78, 5) is 21.9. The molecule has 0 aliphatic heterocycles. The number of thiazole rings is 1. The number of fused-ring (bicyclic) bond motifs is 1. The van der Waals surface area contributed by atoms with E-state index in [4.69, 9.17) is 4.74 Å². The van der Waals surface area contributed by atoms with Crippen LogP contribution >= 0.6 is 11.3 Å². The molecule has 0 saturated carbocycles. The summed E-state index contributed by atoms with van der Waals surface area (Å²) < 4.78 is 19.2. The Labute approximate surface area is 173 Å². The van der Waals surface area contributed by atoms with Gasteiger partial charge >= 0.3 is 5.97 Å². The Bertz CT molecular complexity index is 1300. The third-order valence-electron chi connectivity index (χ3n) is 4.11. The third-order valence-corrected chi connectivity index (χ3v) is 4.94. The van der Waals surface area contributed by atoms with E-state index in [-0.39, 0.29) is 34.5 Å². The van der Waals surface area contributed by atoms with Crippen molar-refractivity contribution in [2.45, 2.75) is 6.92 Å². The lowest BCUT2D eigenvalue weighted by molar-refractivity contribution is 0.0520. The fraction of sp³-hybridized carbons (Fsp3) is 0.105. The number of nitriles is 1. The average Bonchev–Trinajstić information content (AvgIpc) is 3.37. The fourth-order valence-electron chi connectivity index (χ4n) is 2.85. The van der Waals surface area contributed by atoms with Crippen molar-refractivity contribution in [3.05, 3.63) is 52.9 Å². The molecule has 0 aliphatic carbocycles. The van der Waals surface area contributed by atoms with Crippen molar-refractivity contribution in [3.8, 4) is 11.8 Å². The van der Waals surface area contributed by atoms with Crippen molar-refractivity contribution >= 4 is 45.0 Å². The van der Waals surface area contributed by atoms with Gasteiger partial charge in [0.1, 0.15) is 23.2 Å². The highest BCUT2D eigenvalue weighted by Gasteiger charge is 2.27.